The lowest BCUT2D eigenvalue weighted by molar-refractivity contribution is 0.277. The minimum absolute atomic E-state index is 0.291. The van der Waals surface area contributed by atoms with Gasteiger partial charge in [0.1, 0.15) is 17.2 Å². The van der Waals surface area contributed by atoms with E-state index in [1.165, 1.54) is 38.5 Å². The standard InChI is InChI=1S/C42H60N6O3/c49-40-28-10-7-12-30(40)24-45-36-18-3-4-19-37(36)47-26-32-14-9-15-33(42(32)51)27-48-39-21-6-5-20-38(39)46-25-31-13-8-11-29(41(31)50)23-44-35-17-2-1-16-34(35)43-22-28/h7-15,34-39,43-51H,1-6,16-27H2/t34-,35-,36-,37-,38-,39-/m1/s1. The Hall–Kier alpha value is -3.18. The van der Waals surface area contributed by atoms with E-state index in [-0.39, 0.29) is 0 Å². The first kappa shape index (κ1) is 36.2. The first-order valence-corrected chi connectivity index (χ1v) is 19.8. The highest BCUT2D eigenvalue weighted by Crippen LogP contribution is 2.29. The summed E-state index contributed by atoms with van der Waals surface area (Å²) in [6, 6.07) is 20.1. The van der Waals surface area contributed by atoms with Crippen LogP contribution in [0.5, 0.6) is 17.2 Å². The second-order valence-corrected chi connectivity index (χ2v) is 15.6. The van der Waals surface area contributed by atoms with Crippen LogP contribution in [-0.4, -0.2) is 51.6 Å². The minimum Gasteiger partial charge on any atom is -0.507 e. The number of phenols is 3. The van der Waals surface area contributed by atoms with Crippen molar-refractivity contribution in [2.24, 2.45) is 0 Å². The molecule has 9 N–H and O–H groups in total. The second-order valence-electron chi connectivity index (χ2n) is 15.6. The molecule has 3 aliphatic carbocycles. The molecule has 9 heteroatoms. The average Bonchev–Trinajstić information content (AvgIpc) is 3.16. The zero-order valence-electron chi connectivity index (χ0n) is 30.2. The molecule has 0 aromatic heterocycles. The van der Waals surface area contributed by atoms with Gasteiger partial charge in [-0.3, -0.25) is 0 Å². The third-order valence-electron chi connectivity index (χ3n) is 12.2. The summed E-state index contributed by atoms with van der Waals surface area (Å²) >= 11 is 0. The van der Waals surface area contributed by atoms with Gasteiger partial charge in [-0.25, -0.2) is 0 Å². The Morgan fingerprint density at radius 1 is 0.314 bits per heavy atom. The van der Waals surface area contributed by atoms with Crippen LogP contribution in [0, 0.1) is 0 Å². The predicted molar refractivity (Wildman–Crippen MR) is 203 cm³/mol. The summed E-state index contributed by atoms with van der Waals surface area (Å²) < 4.78 is 0. The van der Waals surface area contributed by atoms with Crippen LogP contribution in [0.25, 0.3) is 0 Å². The molecule has 6 bridgehead atoms. The molecule has 0 spiro atoms. The van der Waals surface area contributed by atoms with Crippen molar-refractivity contribution in [2.75, 3.05) is 0 Å². The molecule has 0 unspecified atom stereocenters. The van der Waals surface area contributed by atoms with Gasteiger partial charge < -0.3 is 47.2 Å². The summed E-state index contributed by atoms with van der Waals surface area (Å²) in [5.74, 6) is 1.13. The van der Waals surface area contributed by atoms with Crippen LogP contribution in [0.4, 0.5) is 0 Å². The number of para-hydroxylation sites is 3. The van der Waals surface area contributed by atoms with Crippen LogP contribution in [0.2, 0.25) is 0 Å². The Morgan fingerprint density at radius 3 is 0.667 bits per heavy atom. The maximum atomic E-state index is 11.4. The Kier molecular flexibility index (Phi) is 12.5. The molecule has 4 aliphatic rings. The molecular weight excluding hydrogens is 637 g/mol. The topological polar surface area (TPSA) is 133 Å². The maximum absolute atomic E-state index is 11.4. The lowest BCUT2D eigenvalue weighted by Crippen LogP contribution is -2.49. The number of nitrogens with one attached hydrogen (secondary N) is 6. The summed E-state index contributed by atoms with van der Waals surface area (Å²) in [5, 5.41) is 56.9. The van der Waals surface area contributed by atoms with Crippen molar-refractivity contribution in [3.8, 4) is 17.2 Å². The molecule has 276 valence electrons. The van der Waals surface area contributed by atoms with Crippen LogP contribution in [0.3, 0.4) is 0 Å². The summed E-state index contributed by atoms with van der Waals surface area (Å²) in [7, 11) is 0. The smallest absolute Gasteiger partial charge is 0.124 e. The highest BCUT2D eigenvalue weighted by atomic mass is 16.3. The molecule has 1 heterocycles. The lowest BCUT2D eigenvalue weighted by atomic mass is 9.89. The minimum atomic E-state index is 0.291. The SMILES string of the molecule is Oc1c2cccc1CN[C@@H]1CCCC[C@H]1NCc1cccc(c1O)CN[C@@H]1CCCC[C@H]1NCc1cccc(c1O)CN[C@@H]1CCCC[C@H]1NC2. The molecule has 9 nitrogen and oxygen atoms in total. The van der Waals surface area contributed by atoms with E-state index in [1.807, 2.05) is 36.4 Å². The van der Waals surface area contributed by atoms with Crippen molar-refractivity contribution in [2.45, 2.75) is 153 Å². The van der Waals surface area contributed by atoms with E-state index in [1.54, 1.807) is 0 Å². The van der Waals surface area contributed by atoms with Crippen molar-refractivity contribution in [3.63, 3.8) is 0 Å². The zero-order chi connectivity index (χ0) is 35.0. The molecule has 6 atom stereocenters. The maximum Gasteiger partial charge on any atom is 0.124 e. The van der Waals surface area contributed by atoms with Gasteiger partial charge in [0.25, 0.3) is 0 Å². The van der Waals surface area contributed by atoms with Gasteiger partial charge in [-0.1, -0.05) is 93.1 Å². The Balaban J connectivity index is 1.12. The van der Waals surface area contributed by atoms with Gasteiger partial charge in [-0.15, -0.1) is 0 Å². The van der Waals surface area contributed by atoms with E-state index < -0.39 is 0 Å². The van der Waals surface area contributed by atoms with Crippen molar-refractivity contribution < 1.29 is 15.3 Å². The molecule has 0 radical (unpaired) electrons. The van der Waals surface area contributed by atoms with Crippen molar-refractivity contribution in [1.29, 1.82) is 0 Å². The number of fused-ring (bicyclic) bond motifs is 9. The molecule has 0 amide bonds. The van der Waals surface area contributed by atoms with E-state index in [2.05, 4.69) is 50.1 Å². The van der Waals surface area contributed by atoms with Gasteiger partial charge in [0.2, 0.25) is 0 Å². The quantitative estimate of drug-likeness (QED) is 0.146. The third-order valence-corrected chi connectivity index (χ3v) is 12.2. The first-order valence-electron chi connectivity index (χ1n) is 19.8. The number of phenolic OH excluding ortho intramolecular Hbond substituents is 3. The second kappa shape index (κ2) is 17.6. The number of rotatable bonds is 0. The average molecular weight is 697 g/mol. The van der Waals surface area contributed by atoms with Crippen molar-refractivity contribution in [3.05, 3.63) is 88.0 Å². The molecule has 3 aromatic carbocycles. The fourth-order valence-electron chi connectivity index (χ4n) is 9.09. The van der Waals surface area contributed by atoms with Gasteiger partial charge in [0, 0.05) is 109 Å². The molecule has 3 saturated carbocycles. The van der Waals surface area contributed by atoms with Crippen LogP contribution in [-0.2, 0) is 39.3 Å². The van der Waals surface area contributed by atoms with Gasteiger partial charge in [-0.2, -0.15) is 0 Å². The van der Waals surface area contributed by atoms with E-state index in [0.717, 1.165) is 71.9 Å². The highest BCUT2D eigenvalue weighted by molar-refractivity contribution is 5.42. The van der Waals surface area contributed by atoms with Crippen molar-refractivity contribution >= 4 is 0 Å². The highest BCUT2D eigenvalue weighted by Gasteiger charge is 2.28. The monoisotopic (exact) mass is 696 g/mol. The molecule has 3 fully saturated rings. The predicted octanol–water partition coefficient (Wildman–Crippen LogP) is 5.69. The van der Waals surface area contributed by atoms with Gasteiger partial charge >= 0.3 is 0 Å². The van der Waals surface area contributed by atoms with Crippen LogP contribution >= 0.6 is 0 Å². The number of hydrogen-bond acceptors (Lipinski definition) is 9. The van der Waals surface area contributed by atoms with Crippen LogP contribution in [0.1, 0.15) is 110 Å². The molecule has 1 aliphatic heterocycles. The molecule has 51 heavy (non-hydrogen) atoms. The molecule has 3 aromatic rings. The number of hydrogen-bond donors (Lipinski definition) is 9. The normalized spacial score (nSPS) is 28.7. The largest absolute Gasteiger partial charge is 0.507 e. The zero-order valence-corrected chi connectivity index (χ0v) is 30.2. The third kappa shape index (κ3) is 9.07. The van der Waals surface area contributed by atoms with E-state index in [0.29, 0.717) is 92.8 Å². The van der Waals surface area contributed by atoms with Crippen LogP contribution < -0.4 is 31.9 Å². The Labute approximate surface area is 304 Å². The van der Waals surface area contributed by atoms with Crippen LogP contribution in [0.15, 0.2) is 54.6 Å². The van der Waals surface area contributed by atoms with Gasteiger partial charge in [-0.05, 0) is 38.5 Å². The Morgan fingerprint density at radius 2 is 0.490 bits per heavy atom. The molecule has 7 rings (SSSR count). The number of benzene rings is 3. The summed E-state index contributed by atoms with van der Waals surface area (Å²) in [6.45, 7) is 3.68. The summed E-state index contributed by atoms with van der Waals surface area (Å²) in [5.41, 5.74) is 5.57. The fourth-order valence-corrected chi connectivity index (χ4v) is 9.09. The summed E-state index contributed by atoms with van der Waals surface area (Å²) in [4.78, 5) is 0. The van der Waals surface area contributed by atoms with Gasteiger partial charge in [0.05, 0.1) is 0 Å². The lowest BCUT2D eigenvalue weighted by Gasteiger charge is -2.34. The van der Waals surface area contributed by atoms with Gasteiger partial charge in [0.15, 0.2) is 0 Å². The van der Waals surface area contributed by atoms with E-state index >= 15 is 0 Å². The van der Waals surface area contributed by atoms with Crippen molar-refractivity contribution in [1.82, 2.24) is 31.9 Å². The Bertz CT molecular complexity index is 1300. The molecule has 0 saturated heterocycles. The summed E-state index contributed by atoms with van der Waals surface area (Å²) in [6.07, 6.45) is 13.7. The van der Waals surface area contributed by atoms with E-state index in [9.17, 15) is 15.3 Å². The first-order chi connectivity index (χ1) is 25.0. The molecular formula is C42H60N6O3. The van der Waals surface area contributed by atoms with E-state index in [4.69, 9.17) is 0 Å². The fraction of sp³-hybridized carbons (Fsp3) is 0.571. The number of aromatic hydroxyl groups is 3.